The predicted octanol–water partition coefficient (Wildman–Crippen LogP) is 3.75. The molecule has 0 radical (unpaired) electrons. The molecule has 1 N–H and O–H groups in total. The molecule has 0 saturated heterocycles. The molecule has 4 rings (SSSR count). The summed E-state index contributed by atoms with van der Waals surface area (Å²) < 4.78 is 26.8. The summed E-state index contributed by atoms with van der Waals surface area (Å²) in [5.41, 5.74) is 0.877. The number of fused-ring (bicyclic) bond motifs is 3. The zero-order chi connectivity index (χ0) is 17.4. The van der Waals surface area contributed by atoms with Crippen LogP contribution in [0.1, 0.15) is 11.1 Å². The van der Waals surface area contributed by atoms with Crippen molar-refractivity contribution in [3.8, 4) is 11.8 Å². The first-order valence-corrected chi connectivity index (χ1v) is 7.50. The highest BCUT2D eigenvalue weighted by molar-refractivity contribution is 6.06. The molecule has 0 bridgehead atoms. The monoisotopic (exact) mass is 332 g/mol. The Bertz CT molecular complexity index is 1250. The van der Waals surface area contributed by atoms with Gasteiger partial charge in [0.1, 0.15) is 17.3 Å². The number of rotatable bonds is 0. The molecule has 0 atom stereocenters. The fourth-order valence-electron chi connectivity index (χ4n) is 2.73. The third kappa shape index (κ3) is 2.64. The largest absolute Gasteiger partial charge is 0.306 e. The van der Waals surface area contributed by atoms with E-state index in [1.165, 1.54) is 12.3 Å². The SMILES string of the molecule is O=c1[nH]c2nccc(C#Cc3ccc(F)cc3F)c2c2ccccc12. The van der Waals surface area contributed by atoms with Gasteiger partial charge in [-0.2, -0.15) is 0 Å². The average Bonchev–Trinajstić information content (AvgIpc) is 2.61. The molecular weight excluding hydrogens is 322 g/mol. The van der Waals surface area contributed by atoms with E-state index >= 15 is 0 Å². The first-order chi connectivity index (χ1) is 12.1. The minimum Gasteiger partial charge on any atom is -0.306 e. The second-order valence-electron chi connectivity index (χ2n) is 5.46. The van der Waals surface area contributed by atoms with Crippen LogP contribution in [0.25, 0.3) is 21.8 Å². The van der Waals surface area contributed by atoms with Crippen LogP contribution in [0.2, 0.25) is 0 Å². The average molecular weight is 332 g/mol. The number of benzene rings is 2. The third-order valence-electron chi connectivity index (χ3n) is 3.89. The molecule has 0 aliphatic carbocycles. The maximum atomic E-state index is 13.8. The third-order valence-corrected chi connectivity index (χ3v) is 3.89. The Morgan fingerprint density at radius 2 is 1.68 bits per heavy atom. The molecular formula is C20H10F2N2O. The van der Waals surface area contributed by atoms with Gasteiger partial charge in [0.25, 0.3) is 5.56 Å². The molecule has 0 saturated carbocycles. The molecule has 2 heterocycles. The van der Waals surface area contributed by atoms with Gasteiger partial charge in [0.05, 0.1) is 5.56 Å². The molecule has 5 heteroatoms. The number of halogens is 2. The molecule has 0 spiro atoms. The van der Waals surface area contributed by atoms with Crippen LogP contribution >= 0.6 is 0 Å². The zero-order valence-corrected chi connectivity index (χ0v) is 12.8. The Morgan fingerprint density at radius 3 is 2.48 bits per heavy atom. The summed E-state index contributed by atoms with van der Waals surface area (Å²) in [5, 5.41) is 1.94. The lowest BCUT2D eigenvalue weighted by molar-refractivity contribution is 0.581. The van der Waals surface area contributed by atoms with Crippen molar-refractivity contribution in [3.05, 3.63) is 87.8 Å². The maximum absolute atomic E-state index is 13.8. The zero-order valence-electron chi connectivity index (χ0n) is 12.8. The van der Waals surface area contributed by atoms with E-state index in [9.17, 15) is 13.6 Å². The van der Waals surface area contributed by atoms with E-state index in [4.69, 9.17) is 0 Å². The number of aromatic nitrogens is 2. The summed E-state index contributed by atoms with van der Waals surface area (Å²) >= 11 is 0. The Balaban J connectivity index is 1.99. The summed E-state index contributed by atoms with van der Waals surface area (Å²) in [5.74, 6) is 4.25. The first-order valence-electron chi connectivity index (χ1n) is 7.50. The van der Waals surface area contributed by atoms with Gasteiger partial charge in [-0.25, -0.2) is 13.8 Å². The highest BCUT2D eigenvalue weighted by atomic mass is 19.1. The second-order valence-corrected chi connectivity index (χ2v) is 5.46. The van der Waals surface area contributed by atoms with Gasteiger partial charge < -0.3 is 4.98 Å². The van der Waals surface area contributed by atoms with Crippen molar-refractivity contribution in [3.63, 3.8) is 0 Å². The second kappa shape index (κ2) is 5.84. The van der Waals surface area contributed by atoms with Crippen molar-refractivity contribution < 1.29 is 8.78 Å². The fourth-order valence-corrected chi connectivity index (χ4v) is 2.73. The lowest BCUT2D eigenvalue weighted by atomic mass is 10.0. The van der Waals surface area contributed by atoms with Crippen molar-refractivity contribution in [2.24, 2.45) is 0 Å². The van der Waals surface area contributed by atoms with Crippen molar-refractivity contribution in [1.82, 2.24) is 9.97 Å². The molecule has 0 unspecified atom stereocenters. The van der Waals surface area contributed by atoms with Crippen LogP contribution in [0, 0.1) is 23.5 Å². The molecule has 25 heavy (non-hydrogen) atoms. The van der Waals surface area contributed by atoms with Crippen molar-refractivity contribution in [2.45, 2.75) is 0 Å². The maximum Gasteiger partial charge on any atom is 0.257 e. The van der Waals surface area contributed by atoms with Gasteiger partial charge in [0, 0.05) is 28.6 Å². The van der Waals surface area contributed by atoms with Crippen molar-refractivity contribution in [2.75, 3.05) is 0 Å². The van der Waals surface area contributed by atoms with E-state index in [0.29, 0.717) is 22.0 Å². The van der Waals surface area contributed by atoms with Crippen LogP contribution in [-0.4, -0.2) is 9.97 Å². The number of hydrogen-bond donors (Lipinski definition) is 1. The highest BCUT2D eigenvalue weighted by Crippen LogP contribution is 2.23. The van der Waals surface area contributed by atoms with E-state index in [0.717, 1.165) is 17.5 Å². The number of pyridine rings is 2. The van der Waals surface area contributed by atoms with Crippen molar-refractivity contribution >= 4 is 21.8 Å². The van der Waals surface area contributed by atoms with Crippen LogP contribution in [0.3, 0.4) is 0 Å². The molecule has 0 aliphatic rings. The van der Waals surface area contributed by atoms with E-state index in [2.05, 4.69) is 21.8 Å². The van der Waals surface area contributed by atoms with Crippen LogP contribution in [0.4, 0.5) is 8.78 Å². The molecule has 0 fully saturated rings. The van der Waals surface area contributed by atoms with Crippen LogP contribution in [0.15, 0.2) is 59.5 Å². The summed E-state index contributed by atoms with van der Waals surface area (Å²) in [7, 11) is 0. The minimum atomic E-state index is -0.718. The highest BCUT2D eigenvalue weighted by Gasteiger charge is 2.08. The van der Waals surface area contributed by atoms with E-state index in [1.807, 2.05) is 12.1 Å². The fraction of sp³-hybridized carbons (Fsp3) is 0. The van der Waals surface area contributed by atoms with Gasteiger partial charge in [-0.3, -0.25) is 4.79 Å². The molecule has 4 aromatic rings. The van der Waals surface area contributed by atoms with Gasteiger partial charge >= 0.3 is 0 Å². The lowest BCUT2D eigenvalue weighted by Gasteiger charge is -2.04. The van der Waals surface area contributed by atoms with Crippen LogP contribution in [0.5, 0.6) is 0 Å². The first kappa shape index (κ1) is 15.0. The smallest absolute Gasteiger partial charge is 0.257 e. The Hall–Kier alpha value is -3.52. The molecule has 0 amide bonds. The van der Waals surface area contributed by atoms with E-state index in [-0.39, 0.29) is 11.1 Å². The summed E-state index contributed by atoms with van der Waals surface area (Å²) in [6.07, 6.45) is 1.53. The van der Waals surface area contributed by atoms with Gasteiger partial charge in [0.15, 0.2) is 0 Å². The Morgan fingerprint density at radius 1 is 0.920 bits per heavy atom. The number of aromatic amines is 1. The number of nitrogens with one attached hydrogen (secondary N) is 1. The number of nitrogens with zero attached hydrogens (tertiary/aromatic N) is 1. The van der Waals surface area contributed by atoms with Gasteiger partial charge in [-0.05, 0) is 29.7 Å². The van der Waals surface area contributed by atoms with Gasteiger partial charge in [-0.15, -0.1) is 0 Å². The van der Waals surface area contributed by atoms with Gasteiger partial charge in [-0.1, -0.05) is 30.0 Å². The topological polar surface area (TPSA) is 45.8 Å². The minimum absolute atomic E-state index is 0.0973. The van der Waals surface area contributed by atoms with Crippen molar-refractivity contribution in [1.29, 1.82) is 0 Å². The molecule has 2 aromatic heterocycles. The predicted molar refractivity (Wildman–Crippen MR) is 92.2 cm³/mol. The summed E-state index contributed by atoms with van der Waals surface area (Å²) in [4.78, 5) is 19.1. The van der Waals surface area contributed by atoms with Crippen LogP contribution in [-0.2, 0) is 0 Å². The Labute approximate surface area is 141 Å². The van der Waals surface area contributed by atoms with E-state index < -0.39 is 11.6 Å². The lowest BCUT2D eigenvalue weighted by Crippen LogP contribution is -2.07. The molecule has 0 aliphatic heterocycles. The van der Waals surface area contributed by atoms with Gasteiger partial charge in [0.2, 0.25) is 0 Å². The van der Waals surface area contributed by atoms with E-state index in [1.54, 1.807) is 18.2 Å². The molecule has 2 aromatic carbocycles. The molecule has 120 valence electrons. The standard InChI is InChI=1S/C20H10F2N2O/c21-14-8-7-12(17(22)11-14)5-6-13-9-10-23-19-18(13)15-3-1-2-4-16(15)20(25)24-19/h1-4,7-11H,(H,23,24,25). The Kier molecular flexibility index (Phi) is 3.51. The quantitative estimate of drug-likeness (QED) is 0.394. The number of hydrogen-bond acceptors (Lipinski definition) is 2. The normalized spacial score (nSPS) is 10.6. The summed E-state index contributed by atoms with van der Waals surface area (Å²) in [6, 6.07) is 12.1. The summed E-state index contributed by atoms with van der Waals surface area (Å²) in [6.45, 7) is 0. The molecule has 3 nitrogen and oxygen atoms in total. The number of H-pyrrole nitrogens is 1. The van der Waals surface area contributed by atoms with Crippen LogP contribution < -0.4 is 5.56 Å².